The monoisotopic (exact) mass is 532 g/mol. The first kappa shape index (κ1) is 26.6. The number of carbonyl (C=O) groups excluding carboxylic acids is 3. The van der Waals surface area contributed by atoms with Gasteiger partial charge in [-0.1, -0.05) is 30.3 Å². The highest BCUT2D eigenvalue weighted by Crippen LogP contribution is 2.52. The van der Waals surface area contributed by atoms with Crippen LogP contribution in [0.4, 0.5) is 5.69 Å². The second-order valence-corrected chi connectivity index (χ2v) is 10.8. The highest BCUT2D eigenvalue weighted by atomic mass is 16.3. The molecule has 0 radical (unpaired) electrons. The summed E-state index contributed by atoms with van der Waals surface area (Å²) >= 11 is 0. The van der Waals surface area contributed by atoms with Crippen LogP contribution in [-0.4, -0.2) is 57.5 Å². The summed E-state index contributed by atoms with van der Waals surface area (Å²) in [7, 11) is 3.68. The first-order chi connectivity index (χ1) is 18.5. The average molecular weight is 533 g/mol. The number of fused-ring (bicyclic) bond motifs is 3. The van der Waals surface area contributed by atoms with Gasteiger partial charge in [0.05, 0.1) is 5.56 Å². The smallest absolute Gasteiger partial charge is 0.209 e. The van der Waals surface area contributed by atoms with Crippen molar-refractivity contribution in [1.82, 2.24) is 5.32 Å². The number of benzene rings is 2. The molecular weight excluding hydrogens is 500 g/mol. The van der Waals surface area contributed by atoms with Gasteiger partial charge in [-0.15, -0.1) is 0 Å². The highest BCUT2D eigenvalue weighted by molar-refractivity contribution is 6.25. The van der Waals surface area contributed by atoms with Crippen molar-refractivity contribution in [2.24, 2.45) is 11.8 Å². The Labute approximate surface area is 226 Å². The van der Waals surface area contributed by atoms with Gasteiger partial charge < -0.3 is 30.6 Å². The minimum atomic E-state index is -2.50. The molecule has 9 nitrogen and oxygen atoms in total. The fourth-order valence-electron chi connectivity index (χ4n) is 6.30. The molecule has 0 bridgehead atoms. The van der Waals surface area contributed by atoms with E-state index in [2.05, 4.69) is 5.32 Å². The molecule has 0 heterocycles. The van der Waals surface area contributed by atoms with Crippen molar-refractivity contribution in [3.05, 3.63) is 81.3 Å². The molecule has 0 unspecified atom stereocenters. The second kappa shape index (κ2) is 9.66. The van der Waals surface area contributed by atoms with Gasteiger partial charge in [0.2, 0.25) is 5.78 Å². The number of allylic oxidation sites excluding steroid dienone is 2. The van der Waals surface area contributed by atoms with Gasteiger partial charge in [0.25, 0.3) is 0 Å². The van der Waals surface area contributed by atoms with Gasteiger partial charge >= 0.3 is 0 Å². The van der Waals surface area contributed by atoms with Gasteiger partial charge in [-0.25, -0.2) is 0 Å². The molecular formula is C30H32N2O7. The zero-order chi connectivity index (χ0) is 28.2. The molecule has 2 aromatic rings. The van der Waals surface area contributed by atoms with Gasteiger partial charge in [-0.05, 0) is 42.9 Å². The van der Waals surface area contributed by atoms with Crippen LogP contribution < -0.4 is 10.2 Å². The van der Waals surface area contributed by atoms with E-state index >= 15 is 0 Å². The predicted octanol–water partition coefficient (Wildman–Crippen LogP) is 3.04. The number of ketones is 3. The second-order valence-electron chi connectivity index (χ2n) is 10.8. The molecule has 9 heteroatoms. The first-order valence-electron chi connectivity index (χ1n) is 12.9. The third kappa shape index (κ3) is 4.13. The molecule has 0 aliphatic heterocycles. The number of nitrogens with zero attached hydrogens (tertiary/aromatic N) is 1. The summed E-state index contributed by atoms with van der Waals surface area (Å²) in [6, 6.07) is 11.6. The van der Waals surface area contributed by atoms with E-state index in [1.807, 2.05) is 55.4 Å². The Balaban J connectivity index is 1.57. The molecule has 39 heavy (non-hydrogen) atoms. The lowest BCUT2D eigenvalue weighted by molar-refractivity contribution is -0.144. The fraction of sp³-hybridized carbons (Fsp3) is 0.367. The molecule has 5 N–H and O–H groups in total. The van der Waals surface area contributed by atoms with Crippen molar-refractivity contribution in [3.63, 3.8) is 0 Å². The lowest BCUT2D eigenvalue weighted by atomic mass is 9.60. The first-order valence-corrected chi connectivity index (χ1v) is 12.9. The minimum absolute atomic E-state index is 0.0333. The van der Waals surface area contributed by atoms with Crippen LogP contribution in [-0.2, 0) is 29.1 Å². The molecule has 0 aromatic heterocycles. The molecule has 0 fully saturated rings. The summed E-state index contributed by atoms with van der Waals surface area (Å²) in [6.45, 7) is 1.91. The van der Waals surface area contributed by atoms with Crippen molar-refractivity contribution >= 4 is 23.0 Å². The number of hydrogen-bond acceptors (Lipinski definition) is 9. The van der Waals surface area contributed by atoms with E-state index < -0.39 is 51.9 Å². The van der Waals surface area contributed by atoms with E-state index in [0.717, 1.165) is 18.2 Å². The quantitative estimate of drug-likeness (QED) is 0.354. The maximum atomic E-state index is 13.9. The number of Topliss-reactive ketones (excluding diaryl/α,β-unsaturated/α-hetero) is 3. The van der Waals surface area contributed by atoms with Gasteiger partial charge in [0, 0.05) is 56.3 Å². The summed E-state index contributed by atoms with van der Waals surface area (Å²) in [5.41, 5.74) is -0.244. The summed E-state index contributed by atoms with van der Waals surface area (Å²) in [4.78, 5) is 41.1. The Morgan fingerprint density at radius 1 is 1.08 bits per heavy atom. The standard InChI is InChI=1S/C30H32N2O7/c1-15(33)23-22(34)12-19-9-17-10-20-21(32(2)3)11-18(14-31-13-16-7-5-4-6-8-16)26(35)25(20)27(36)24(17)29(38)30(19,39)28(23)37/h4-8,11,17,19,31,34-35,38-39H,9-10,12-14H2,1-3H3/t17-,19+,30-/m1/s1. The van der Waals surface area contributed by atoms with Crippen molar-refractivity contribution in [1.29, 1.82) is 0 Å². The largest absolute Gasteiger partial charge is 0.511 e. The predicted molar refractivity (Wildman–Crippen MR) is 144 cm³/mol. The minimum Gasteiger partial charge on any atom is -0.511 e. The molecule has 0 amide bonds. The molecule has 204 valence electrons. The zero-order valence-electron chi connectivity index (χ0n) is 22.1. The summed E-state index contributed by atoms with van der Waals surface area (Å²) in [5, 5.41) is 47.7. The SMILES string of the molecule is CC(=O)C1=C(O)C[C@@H]2C[C@@H]3Cc4c(N(C)C)cc(CNCc5ccccc5)c(O)c4C(=O)C3=C(O)[C@]2(O)C1=O. The zero-order valence-corrected chi connectivity index (χ0v) is 22.1. The van der Waals surface area contributed by atoms with Crippen LogP contribution in [0.15, 0.2) is 59.1 Å². The van der Waals surface area contributed by atoms with Crippen LogP contribution in [0, 0.1) is 11.8 Å². The third-order valence-electron chi connectivity index (χ3n) is 8.19. The van der Waals surface area contributed by atoms with Crippen molar-refractivity contribution in [2.45, 2.75) is 44.9 Å². The van der Waals surface area contributed by atoms with E-state index in [1.165, 1.54) is 0 Å². The number of phenols is 1. The molecule has 3 aliphatic rings. The number of aromatic hydroxyl groups is 1. The summed E-state index contributed by atoms with van der Waals surface area (Å²) in [5.74, 6) is -5.38. The lowest BCUT2D eigenvalue weighted by Gasteiger charge is -2.46. The van der Waals surface area contributed by atoms with Crippen molar-refractivity contribution < 1.29 is 34.8 Å². The van der Waals surface area contributed by atoms with Crippen LogP contribution in [0.3, 0.4) is 0 Å². The van der Waals surface area contributed by atoms with Gasteiger partial charge in [-0.3, -0.25) is 14.4 Å². The van der Waals surface area contributed by atoms with Crippen LogP contribution >= 0.6 is 0 Å². The number of anilines is 1. The maximum absolute atomic E-state index is 13.9. The Bertz CT molecular complexity index is 1460. The molecule has 0 spiro atoms. The third-order valence-corrected chi connectivity index (χ3v) is 8.19. The number of aliphatic hydroxyl groups excluding tert-OH is 2. The topological polar surface area (TPSA) is 147 Å². The van der Waals surface area contributed by atoms with Crippen LogP contribution in [0.25, 0.3) is 0 Å². The lowest BCUT2D eigenvalue weighted by Crippen LogP contribution is -2.56. The number of phenolic OH excluding ortho intramolecular Hbond substituents is 1. The summed E-state index contributed by atoms with van der Waals surface area (Å²) in [6.07, 6.45) is 0.240. The van der Waals surface area contributed by atoms with Crippen molar-refractivity contribution in [3.8, 4) is 5.75 Å². The van der Waals surface area contributed by atoms with Gasteiger partial charge in [0.1, 0.15) is 22.8 Å². The number of nitrogens with one attached hydrogen (secondary N) is 1. The Morgan fingerprint density at radius 2 is 1.77 bits per heavy atom. The Kier molecular flexibility index (Phi) is 6.60. The van der Waals surface area contributed by atoms with E-state index in [9.17, 15) is 34.8 Å². The van der Waals surface area contributed by atoms with E-state index in [1.54, 1.807) is 0 Å². The molecule has 0 saturated heterocycles. The molecule has 5 rings (SSSR count). The fourth-order valence-corrected chi connectivity index (χ4v) is 6.30. The van der Waals surface area contributed by atoms with Crippen molar-refractivity contribution in [2.75, 3.05) is 19.0 Å². The number of aliphatic hydroxyl groups is 3. The molecule has 3 atom stereocenters. The van der Waals surface area contributed by atoms with Crippen LogP contribution in [0.2, 0.25) is 0 Å². The van der Waals surface area contributed by atoms with E-state index in [4.69, 9.17) is 0 Å². The highest BCUT2D eigenvalue weighted by Gasteiger charge is 2.59. The number of carbonyl (C=O) groups is 3. The Morgan fingerprint density at radius 3 is 2.41 bits per heavy atom. The van der Waals surface area contributed by atoms with Crippen LogP contribution in [0.1, 0.15) is 46.8 Å². The molecule has 3 aliphatic carbocycles. The van der Waals surface area contributed by atoms with E-state index in [-0.39, 0.29) is 42.7 Å². The summed E-state index contributed by atoms with van der Waals surface area (Å²) < 4.78 is 0. The maximum Gasteiger partial charge on any atom is 0.209 e. The van der Waals surface area contributed by atoms with Crippen LogP contribution in [0.5, 0.6) is 5.75 Å². The average Bonchev–Trinajstić information content (AvgIpc) is 2.87. The number of rotatable bonds is 6. The molecule has 0 saturated carbocycles. The molecule has 2 aromatic carbocycles. The number of hydrogen-bond donors (Lipinski definition) is 5. The van der Waals surface area contributed by atoms with E-state index in [0.29, 0.717) is 17.7 Å². The van der Waals surface area contributed by atoms with Gasteiger partial charge in [0.15, 0.2) is 17.2 Å². The normalized spacial score (nSPS) is 24.3. The van der Waals surface area contributed by atoms with Gasteiger partial charge in [-0.2, -0.15) is 0 Å². The Hall–Kier alpha value is -3.95.